The lowest BCUT2D eigenvalue weighted by Gasteiger charge is -2.69. The van der Waals surface area contributed by atoms with Crippen molar-refractivity contribution in [1.29, 1.82) is 0 Å². The van der Waals surface area contributed by atoms with Gasteiger partial charge in [-0.2, -0.15) is 0 Å². The van der Waals surface area contributed by atoms with Gasteiger partial charge in [-0.05, 0) is 129 Å². The molecule has 5 fully saturated rings. The number of nitrogens with one attached hydrogen (secondary N) is 1. The summed E-state index contributed by atoms with van der Waals surface area (Å²) in [4.78, 5) is 12.1. The molecule has 0 amide bonds. The second-order valence-electron chi connectivity index (χ2n) is 14.6. The summed E-state index contributed by atoms with van der Waals surface area (Å²) in [5.74, 6) is 3.68. The third kappa shape index (κ3) is 4.27. The van der Waals surface area contributed by atoms with E-state index in [1.165, 1.54) is 90.0 Å². The van der Waals surface area contributed by atoms with Gasteiger partial charge in [-0.25, -0.2) is 0 Å². The molecule has 0 bridgehead atoms. The molecule has 200 valence electrons. The molecule has 35 heavy (non-hydrogen) atoms. The summed E-state index contributed by atoms with van der Waals surface area (Å²) in [7, 11) is 0. The Morgan fingerprint density at radius 1 is 0.857 bits per heavy atom. The molecule has 1 saturated heterocycles. The molecule has 3 heteroatoms. The van der Waals surface area contributed by atoms with Gasteiger partial charge in [0.05, 0.1) is 0 Å². The topological polar surface area (TPSA) is 38.3 Å². The van der Waals surface area contributed by atoms with Crippen LogP contribution >= 0.6 is 0 Å². The lowest BCUT2D eigenvalue weighted by Crippen LogP contribution is -2.63. The van der Waals surface area contributed by atoms with Gasteiger partial charge in [-0.1, -0.05) is 40.5 Å². The van der Waals surface area contributed by atoms with Crippen molar-refractivity contribution in [3.05, 3.63) is 0 Å². The van der Waals surface area contributed by atoms with Crippen molar-refractivity contribution in [1.82, 2.24) is 5.32 Å². The molecular weight excluding hydrogens is 430 g/mol. The molecule has 1 N–H and O–H groups in total. The Morgan fingerprint density at radius 2 is 1.60 bits per heavy atom. The third-order valence-corrected chi connectivity index (χ3v) is 13.1. The van der Waals surface area contributed by atoms with Crippen LogP contribution in [0.25, 0.3) is 0 Å². The number of hydrogen-bond acceptors (Lipinski definition) is 3. The highest BCUT2D eigenvalue weighted by Gasteiger charge is 2.66. The van der Waals surface area contributed by atoms with E-state index < -0.39 is 0 Å². The van der Waals surface area contributed by atoms with Crippen LogP contribution in [0.3, 0.4) is 0 Å². The van der Waals surface area contributed by atoms with Gasteiger partial charge in [-0.15, -0.1) is 0 Å². The van der Waals surface area contributed by atoms with Crippen molar-refractivity contribution in [3.8, 4) is 0 Å². The number of hydrogen-bond donors (Lipinski definition) is 1. The molecule has 0 aromatic rings. The number of ketones is 1. The SMILES string of the molecule is CCC1CCC2(C)C(CC[C@]3(C)C4CCCC4(CNC4CCCCO4)CCC23)C1(C)CCC(C)=O. The molecule has 5 aliphatic rings. The summed E-state index contributed by atoms with van der Waals surface area (Å²) in [6.07, 6.45) is 19.9. The minimum Gasteiger partial charge on any atom is -0.363 e. The van der Waals surface area contributed by atoms with Gasteiger partial charge in [-0.3, -0.25) is 5.32 Å². The van der Waals surface area contributed by atoms with Crippen molar-refractivity contribution in [2.45, 2.75) is 137 Å². The first-order chi connectivity index (χ1) is 16.7. The monoisotopic (exact) mass is 485 g/mol. The maximum Gasteiger partial charge on any atom is 0.129 e. The quantitative estimate of drug-likeness (QED) is 0.398. The van der Waals surface area contributed by atoms with E-state index in [4.69, 9.17) is 4.74 Å². The van der Waals surface area contributed by atoms with Crippen LogP contribution in [0, 0.1) is 45.3 Å². The van der Waals surface area contributed by atoms with Crippen molar-refractivity contribution >= 4 is 5.78 Å². The molecule has 3 nitrogen and oxygen atoms in total. The molecule has 1 aliphatic heterocycles. The molecule has 4 aliphatic carbocycles. The molecule has 4 saturated carbocycles. The van der Waals surface area contributed by atoms with Gasteiger partial charge in [0, 0.05) is 19.6 Å². The van der Waals surface area contributed by atoms with E-state index in [-0.39, 0.29) is 0 Å². The number of ether oxygens (including phenoxy) is 1. The minimum absolute atomic E-state index is 0.296. The van der Waals surface area contributed by atoms with E-state index in [1.807, 2.05) is 0 Å². The van der Waals surface area contributed by atoms with Crippen molar-refractivity contribution in [2.75, 3.05) is 13.2 Å². The van der Waals surface area contributed by atoms with E-state index in [2.05, 4.69) is 33.0 Å². The summed E-state index contributed by atoms with van der Waals surface area (Å²) in [5.41, 5.74) is 1.75. The first-order valence-electron chi connectivity index (χ1n) is 15.5. The molecule has 0 spiro atoms. The zero-order valence-corrected chi connectivity index (χ0v) is 23.7. The second-order valence-corrected chi connectivity index (χ2v) is 14.6. The lowest BCUT2D eigenvalue weighted by atomic mass is 9.35. The standard InChI is InChI=1S/C32H55NO2/c1-6-24-13-18-30(4)25(29(24,3)17-12-23(2)34)14-19-31(5)26(30)15-20-32(16-9-10-27(31)32)22-33-28-11-7-8-21-35-28/h24-28,33H,6-22H2,1-5H3/t24?,25?,26?,27?,28?,29?,30?,31-,32?/m0/s1. The van der Waals surface area contributed by atoms with Crippen LogP contribution in [0.4, 0.5) is 0 Å². The Hall–Kier alpha value is -0.410. The molecule has 0 aromatic carbocycles. The van der Waals surface area contributed by atoms with Crippen LogP contribution in [-0.2, 0) is 9.53 Å². The van der Waals surface area contributed by atoms with Gasteiger partial charge in [0.15, 0.2) is 0 Å². The molecule has 9 atom stereocenters. The third-order valence-electron chi connectivity index (χ3n) is 13.1. The first-order valence-corrected chi connectivity index (χ1v) is 15.5. The van der Waals surface area contributed by atoms with E-state index in [9.17, 15) is 4.79 Å². The fraction of sp³-hybridized carbons (Fsp3) is 0.969. The van der Waals surface area contributed by atoms with Gasteiger partial charge in [0.2, 0.25) is 0 Å². The van der Waals surface area contributed by atoms with Gasteiger partial charge < -0.3 is 9.53 Å². The van der Waals surface area contributed by atoms with Crippen LogP contribution in [-0.4, -0.2) is 25.2 Å². The number of carbonyl (C=O) groups excluding carboxylic acids is 1. The predicted molar refractivity (Wildman–Crippen MR) is 144 cm³/mol. The zero-order valence-electron chi connectivity index (χ0n) is 23.7. The van der Waals surface area contributed by atoms with E-state index in [0.29, 0.717) is 33.7 Å². The van der Waals surface area contributed by atoms with Crippen LogP contribution in [0.15, 0.2) is 0 Å². The summed E-state index contributed by atoms with van der Waals surface area (Å²) in [6.45, 7) is 14.4. The Balaban J connectivity index is 1.39. The highest BCUT2D eigenvalue weighted by molar-refractivity contribution is 5.75. The zero-order chi connectivity index (χ0) is 24.9. The summed E-state index contributed by atoms with van der Waals surface area (Å²) >= 11 is 0. The van der Waals surface area contributed by atoms with E-state index >= 15 is 0 Å². The fourth-order valence-corrected chi connectivity index (χ4v) is 11.5. The second kappa shape index (κ2) is 9.72. The summed E-state index contributed by atoms with van der Waals surface area (Å²) in [6, 6.07) is 0. The van der Waals surface area contributed by atoms with Crippen LogP contribution in [0.5, 0.6) is 0 Å². The summed E-state index contributed by atoms with van der Waals surface area (Å²) in [5, 5.41) is 3.93. The van der Waals surface area contributed by atoms with Crippen LogP contribution < -0.4 is 5.32 Å². The molecule has 1 heterocycles. The van der Waals surface area contributed by atoms with Gasteiger partial charge in [0.1, 0.15) is 12.0 Å². The van der Waals surface area contributed by atoms with E-state index in [1.54, 1.807) is 6.92 Å². The minimum atomic E-state index is 0.296. The first kappa shape index (κ1) is 26.2. The number of Topliss-reactive ketones (excluding diaryl/α,β-unsaturated/α-hetero) is 1. The van der Waals surface area contributed by atoms with Crippen LogP contribution in [0.1, 0.15) is 131 Å². The predicted octanol–water partition coefficient (Wildman–Crippen LogP) is 7.92. The van der Waals surface area contributed by atoms with Gasteiger partial charge in [0.25, 0.3) is 0 Å². The normalized spacial score (nSPS) is 49.7. The molecular formula is C32H55NO2. The Labute approximate surface area is 216 Å². The molecule has 0 radical (unpaired) electrons. The Bertz CT molecular complexity index is 776. The lowest BCUT2D eigenvalue weighted by molar-refractivity contribution is -0.204. The Kier molecular flexibility index (Phi) is 7.28. The highest BCUT2D eigenvalue weighted by atomic mass is 16.5. The molecule has 8 unspecified atom stereocenters. The largest absolute Gasteiger partial charge is 0.363 e. The van der Waals surface area contributed by atoms with Crippen LogP contribution in [0.2, 0.25) is 0 Å². The molecule has 0 aromatic heterocycles. The number of rotatable bonds is 7. The average molecular weight is 486 g/mol. The summed E-state index contributed by atoms with van der Waals surface area (Å²) < 4.78 is 6.08. The van der Waals surface area contributed by atoms with Crippen molar-refractivity contribution < 1.29 is 9.53 Å². The smallest absolute Gasteiger partial charge is 0.129 e. The van der Waals surface area contributed by atoms with Gasteiger partial charge >= 0.3 is 0 Å². The molecule has 5 rings (SSSR count). The van der Waals surface area contributed by atoms with Crippen molar-refractivity contribution in [2.24, 2.45) is 45.3 Å². The number of carbonyl (C=O) groups is 1. The van der Waals surface area contributed by atoms with Crippen molar-refractivity contribution in [3.63, 3.8) is 0 Å². The maximum atomic E-state index is 12.1. The van der Waals surface area contributed by atoms with E-state index in [0.717, 1.165) is 43.1 Å². The number of fused-ring (bicyclic) bond motifs is 5. The highest BCUT2D eigenvalue weighted by Crippen LogP contribution is 2.74. The maximum absolute atomic E-state index is 12.1. The average Bonchev–Trinajstić information content (AvgIpc) is 3.28. The Morgan fingerprint density at radius 3 is 2.31 bits per heavy atom. The fourth-order valence-electron chi connectivity index (χ4n) is 11.5.